The van der Waals surface area contributed by atoms with Crippen LogP contribution in [0.25, 0.3) is 0 Å². The van der Waals surface area contributed by atoms with Crippen molar-refractivity contribution in [1.29, 1.82) is 0 Å². The van der Waals surface area contributed by atoms with Gasteiger partial charge >= 0.3 is 5.97 Å². The lowest BCUT2D eigenvalue weighted by molar-refractivity contribution is -0.121. The normalized spacial score (nSPS) is 15.3. The molecule has 0 radical (unpaired) electrons. The summed E-state index contributed by atoms with van der Waals surface area (Å²) in [5.74, 6) is -2.83. The highest BCUT2D eigenvalue weighted by Crippen LogP contribution is 2.29. The van der Waals surface area contributed by atoms with Crippen LogP contribution in [0.3, 0.4) is 0 Å². The highest BCUT2D eigenvalue weighted by atomic mass is 79.9. The highest BCUT2D eigenvalue weighted by Gasteiger charge is 2.31. The van der Waals surface area contributed by atoms with Gasteiger partial charge in [-0.1, -0.05) is 0 Å². The van der Waals surface area contributed by atoms with Gasteiger partial charge in [0.1, 0.15) is 5.82 Å². The van der Waals surface area contributed by atoms with Crippen molar-refractivity contribution in [2.24, 2.45) is 0 Å². The highest BCUT2D eigenvalue weighted by molar-refractivity contribution is 9.10. The summed E-state index contributed by atoms with van der Waals surface area (Å²) in [5, 5.41) is 9.03. The number of hydrogen-bond donors (Lipinski definition) is 1. The molecule has 0 aromatic heterocycles. The smallest absolute Gasteiger partial charge is 0.337 e. The lowest BCUT2D eigenvalue weighted by Crippen LogP contribution is -2.26. The Morgan fingerprint density at radius 2 is 2.06 bits per heavy atom. The number of hydrogen-bond acceptors (Lipinski definition) is 3. The molecule has 0 bridgehead atoms. The molecule has 0 spiro atoms. The number of carboxylic acid groups (broad SMARTS) is 1. The summed E-state index contributed by atoms with van der Waals surface area (Å²) in [7, 11) is 0. The Hall–Kier alpha value is -1.76. The van der Waals surface area contributed by atoms with Gasteiger partial charge in [-0.15, -0.1) is 0 Å². The Labute approximate surface area is 109 Å². The van der Waals surface area contributed by atoms with Crippen molar-refractivity contribution in [3.05, 3.63) is 28.0 Å². The zero-order valence-corrected chi connectivity index (χ0v) is 10.5. The van der Waals surface area contributed by atoms with Crippen LogP contribution >= 0.6 is 15.9 Å². The van der Waals surface area contributed by atoms with E-state index >= 15 is 0 Å². The minimum atomic E-state index is -1.29. The molecule has 1 heterocycles. The number of carboxylic acids is 1. The van der Waals surface area contributed by atoms with Crippen LogP contribution in [0.5, 0.6) is 0 Å². The van der Waals surface area contributed by atoms with Crippen LogP contribution < -0.4 is 4.90 Å². The van der Waals surface area contributed by atoms with Crippen molar-refractivity contribution in [1.82, 2.24) is 0 Å². The van der Waals surface area contributed by atoms with E-state index in [1.807, 2.05) is 0 Å². The van der Waals surface area contributed by atoms with Gasteiger partial charge in [0.25, 0.3) is 0 Å². The van der Waals surface area contributed by atoms with Gasteiger partial charge in [0, 0.05) is 0 Å². The molecule has 1 aliphatic heterocycles. The predicted octanol–water partition coefficient (Wildman–Crippen LogP) is 1.59. The van der Waals surface area contributed by atoms with Gasteiger partial charge in [-0.2, -0.15) is 0 Å². The van der Waals surface area contributed by atoms with Crippen LogP contribution in [0.15, 0.2) is 16.6 Å². The van der Waals surface area contributed by atoms with E-state index < -0.39 is 17.7 Å². The number of amides is 1. The molecule has 1 aromatic rings. The zero-order chi connectivity index (χ0) is 13.4. The van der Waals surface area contributed by atoms with Crippen molar-refractivity contribution in [2.45, 2.75) is 6.42 Å². The molecule has 94 valence electrons. The van der Waals surface area contributed by atoms with E-state index in [0.29, 0.717) is 0 Å². The number of Topliss-reactive ketones (excluding diaryl/α,β-unsaturated/α-hetero) is 1. The van der Waals surface area contributed by atoms with E-state index in [4.69, 9.17) is 5.11 Å². The van der Waals surface area contributed by atoms with E-state index in [1.165, 1.54) is 0 Å². The molecule has 1 aliphatic rings. The van der Waals surface area contributed by atoms with Crippen LogP contribution in [0.4, 0.5) is 10.1 Å². The standard InChI is InChI=1S/C11H7BrFNO4/c12-7-2-6(11(17)18)9(3-8(7)13)14-4-5(15)1-10(14)16/h2-3H,1,4H2,(H,17,18). The SMILES string of the molecule is O=C1CC(=O)N(c2cc(F)c(Br)cc2C(=O)O)C1. The van der Waals surface area contributed by atoms with Crippen molar-refractivity contribution in [3.8, 4) is 0 Å². The molecule has 18 heavy (non-hydrogen) atoms. The predicted molar refractivity (Wildman–Crippen MR) is 63.0 cm³/mol. The van der Waals surface area contributed by atoms with E-state index in [0.717, 1.165) is 17.0 Å². The maximum absolute atomic E-state index is 13.4. The third-order valence-corrected chi connectivity index (χ3v) is 3.15. The topological polar surface area (TPSA) is 74.7 Å². The van der Waals surface area contributed by atoms with Gasteiger partial charge < -0.3 is 10.0 Å². The lowest BCUT2D eigenvalue weighted by atomic mass is 10.1. The van der Waals surface area contributed by atoms with Crippen LogP contribution in [-0.4, -0.2) is 29.3 Å². The summed E-state index contributed by atoms with van der Waals surface area (Å²) >= 11 is 2.88. The molecule has 1 fully saturated rings. The fourth-order valence-corrected chi connectivity index (χ4v) is 2.08. The summed E-state index contributed by atoms with van der Waals surface area (Å²) in [6, 6.07) is 2.01. The maximum Gasteiger partial charge on any atom is 0.337 e. The number of carbonyl (C=O) groups is 3. The number of anilines is 1. The summed E-state index contributed by atoms with van der Waals surface area (Å²) in [6.07, 6.45) is -0.281. The molecule has 2 rings (SSSR count). The van der Waals surface area contributed by atoms with Gasteiger partial charge in [-0.3, -0.25) is 9.59 Å². The van der Waals surface area contributed by atoms with Gasteiger partial charge in [0.2, 0.25) is 5.91 Å². The number of benzene rings is 1. The fourth-order valence-electron chi connectivity index (χ4n) is 1.74. The number of rotatable bonds is 2. The molecule has 0 saturated carbocycles. The van der Waals surface area contributed by atoms with Gasteiger partial charge in [-0.05, 0) is 28.1 Å². The van der Waals surface area contributed by atoms with E-state index in [2.05, 4.69) is 15.9 Å². The second kappa shape index (κ2) is 4.49. The van der Waals surface area contributed by atoms with Gasteiger partial charge in [0.05, 0.1) is 28.7 Å². The molecule has 1 saturated heterocycles. The third kappa shape index (κ3) is 2.13. The zero-order valence-electron chi connectivity index (χ0n) is 8.94. The number of aromatic carboxylic acids is 1. The fraction of sp³-hybridized carbons (Fsp3) is 0.182. The first-order valence-electron chi connectivity index (χ1n) is 4.94. The molecular weight excluding hydrogens is 309 g/mol. The molecule has 0 unspecified atom stereocenters. The minimum Gasteiger partial charge on any atom is -0.478 e. The second-order valence-electron chi connectivity index (χ2n) is 3.78. The molecule has 5 nitrogen and oxygen atoms in total. The average molecular weight is 316 g/mol. The van der Waals surface area contributed by atoms with Gasteiger partial charge in [-0.25, -0.2) is 9.18 Å². The maximum atomic E-state index is 13.4. The average Bonchev–Trinajstić information content (AvgIpc) is 2.61. The van der Waals surface area contributed by atoms with E-state index in [9.17, 15) is 18.8 Å². The van der Waals surface area contributed by atoms with Gasteiger partial charge in [0.15, 0.2) is 5.78 Å². The molecule has 0 atom stereocenters. The summed E-state index contributed by atoms with van der Waals surface area (Å²) in [6.45, 7) is -0.222. The largest absolute Gasteiger partial charge is 0.478 e. The summed E-state index contributed by atoms with van der Waals surface area (Å²) in [4.78, 5) is 34.7. The van der Waals surface area contributed by atoms with Crippen molar-refractivity contribution in [2.75, 3.05) is 11.4 Å². The first-order valence-corrected chi connectivity index (χ1v) is 5.74. The monoisotopic (exact) mass is 315 g/mol. The van der Waals surface area contributed by atoms with Crippen LogP contribution in [0, 0.1) is 5.82 Å². The molecule has 1 amide bonds. The summed E-state index contributed by atoms with van der Waals surface area (Å²) in [5.41, 5.74) is -0.328. The Balaban J connectivity index is 2.56. The molecule has 7 heteroatoms. The molecule has 1 aromatic carbocycles. The molecule has 0 aliphatic carbocycles. The summed E-state index contributed by atoms with van der Waals surface area (Å²) < 4.78 is 13.4. The van der Waals surface area contributed by atoms with Crippen molar-refractivity contribution < 1.29 is 23.9 Å². The van der Waals surface area contributed by atoms with Crippen LogP contribution in [0.2, 0.25) is 0 Å². The molecular formula is C11H7BrFNO4. The Morgan fingerprint density at radius 3 is 2.56 bits per heavy atom. The first-order chi connectivity index (χ1) is 8.40. The van der Waals surface area contributed by atoms with Crippen LogP contribution in [0.1, 0.15) is 16.8 Å². The second-order valence-corrected chi connectivity index (χ2v) is 4.64. The number of halogens is 2. The van der Waals surface area contributed by atoms with Crippen molar-refractivity contribution >= 4 is 39.3 Å². The third-order valence-electron chi connectivity index (χ3n) is 2.54. The van der Waals surface area contributed by atoms with Crippen LogP contribution in [-0.2, 0) is 9.59 Å². The van der Waals surface area contributed by atoms with E-state index in [-0.39, 0.29) is 34.5 Å². The molecule has 1 N–H and O–H groups in total. The first kappa shape index (κ1) is 12.7. The number of nitrogens with zero attached hydrogens (tertiary/aromatic N) is 1. The minimum absolute atomic E-state index is 0.0124. The Kier molecular flexibility index (Phi) is 3.16. The quantitative estimate of drug-likeness (QED) is 0.841. The number of carbonyl (C=O) groups excluding carboxylic acids is 2. The number of ketones is 1. The van der Waals surface area contributed by atoms with E-state index in [1.54, 1.807) is 0 Å². The Bertz CT molecular complexity index is 572. The van der Waals surface area contributed by atoms with Crippen molar-refractivity contribution in [3.63, 3.8) is 0 Å². The Morgan fingerprint density at radius 1 is 1.39 bits per heavy atom. The lowest BCUT2D eigenvalue weighted by Gasteiger charge is -2.17.